The summed E-state index contributed by atoms with van der Waals surface area (Å²) in [6.45, 7) is 5.69. The molecule has 0 aliphatic rings. The van der Waals surface area contributed by atoms with Gasteiger partial charge in [-0.25, -0.2) is 14.4 Å². The number of aromatic nitrogens is 3. The molecule has 27 heavy (non-hydrogen) atoms. The van der Waals surface area contributed by atoms with Crippen molar-refractivity contribution in [3.8, 4) is 0 Å². The molecule has 0 atom stereocenters. The van der Waals surface area contributed by atoms with Gasteiger partial charge in [-0.05, 0) is 36.7 Å². The molecule has 0 aliphatic carbocycles. The number of H-pyrrole nitrogens is 1. The monoisotopic (exact) mass is 390 g/mol. The van der Waals surface area contributed by atoms with Crippen LogP contribution in [0.5, 0.6) is 0 Å². The van der Waals surface area contributed by atoms with Gasteiger partial charge in [-0.1, -0.05) is 30.6 Å². The van der Waals surface area contributed by atoms with Gasteiger partial charge in [0, 0.05) is 17.4 Å². The Morgan fingerprint density at radius 3 is 2.89 bits per heavy atom. The molecule has 0 bridgehead atoms. The number of nitrogens with zero attached hydrogens (tertiary/aromatic N) is 3. The van der Waals surface area contributed by atoms with Crippen molar-refractivity contribution >= 4 is 34.3 Å². The third-order valence-electron chi connectivity index (χ3n) is 3.82. The molecule has 0 unspecified atom stereocenters. The third-order valence-corrected chi connectivity index (χ3v) is 4.11. The summed E-state index contributed by atoms with van der Waals surface area (Å²) in [5.74, 6) is 0.897. The molecular formula is C18H20ClFN6O. The van der Waals surface area contributed by atoms with Crippen molar-refractivity contribution in [1.29, 1.82) is 0 Å². The van der Waals surface area contributed by atoms with Gasteiger partial charge in [0.25, 0.3) is 0 Å². The van der Waals surface area contributed by atoms with Crippen LogP contribution in [-0.4, -0.2) is 32.5 Å². The normalized spacial score (nSPS) is 12.1. The molecule has 0 saturated heterocycles. The van der Waals surface area contributed by atoms with Crippen LogP contribution in [0.25, 0.3) is 11.2 Å². The molecule has 142 valence electrons. The van der Waals surface area contributed by atoms with E-state index in [9.17, 15) is 9.60 Å². The number of imidazole rings is 1. The van der Waals surface area contributed by atoms with E-state index in [0.717, 1.165) is 12.4 Å². The van der Waals surface area contributed by atoms with Crippen molar-refractivity contribution in [2.45, 2.75) is 20.4 Å². The lowest BCUT2D eigenvalue weighted by atomic mass is 10.2. The third kappa shape index (κ3) is 4.53. The summed E-state index contributed by atoms with van der Waals surface area (Å²) < 4.78 is 13.3. The predicted molar refractivity (Wildman–Crippen MR) is 104 cm³/mol. The molecule has 0 aliphatic heterocycles. The minimum atomic E-state index is -0.525. The van der Waals surface area contributed by atoms with Gasteiger partial charge in [-0.3, -0.25) is 0 Å². The Kier molecular flexibility index (Phi) is 5.88. The molecule has 3 rings (SSSR count). The van der Waals surface area contributed by atoms with Crippen LogP contribution < -0.4 is 10.6 Å². The van der Waals surface area contributed by atoms with Crippen LogP contribution in [0.1, 0.15) is 25.2 Å². The Morgan fingerprint density at radius 1 is 1.37 bits per heavy atom. The maximum Gasteiger partial charge on any atom is 0.179 e. The Balaban J connectivity index is 1.87. The van der Waals surface area contributed by atoms with Crippen molar-refractivity contribution < 1.29 is 9.60 Å². The number of oxime groups is 1. The highest BCUT2D eigenvalue weighted by molar-refractivity contribution is 6.31. The van der Waals surface area contributed by atoms with Crippen LogP contribution in [0, 0.1) is 11.7 Å². The molecule has 0 amide bonds. The zero-order valence-electron chi connectivity index (χ0n) is 14.9. The number of nitrogens with one attached hydrogen (secondary N) is 3. The largest absolute Gasteiger partial charge is 0.409 e. The maximum absolute atomic E-state index is 13.3. The average Bonchev–Trinajstić information content (AvgIpc) is 3.05. The highest BCUT2D eigenvalue weighted by Gasteiger charge is 2.14. The molecule has 9 heteroatoms. The van der Waals surface area contributed by atoms with Crippen LogP contribution >= 0.6 is 11.6 Å². The number of anilines is 1. The summed E-state index contributed by atoms with van der Waals surface area (Å²) in [4.78, 5) is 11.9. The molecular weight excluding hydrogens is 371 g/mol. The van der Waals surface area contributed by atoms with E-state index in [1.165, 1.54) is 18.2 Å². The lowest BCUT2D eigenvalue weighted by Gasteiger charge is -2.09. The van der Waals surface area contributed by atoms with E-state index in [0.29, 0.717) is 34.9 Å². The van der Waals surface area contributed by atoms with E-state index in [1.807, 2.05) is 0 Å². The minimum Gasteiger partial charge on any atom is -0.409 e. The van der Waals surface area contributed by atoms with E-state index in [4.69, 9.17) is 11.6 Å². The molecule has 0 fully saturated rings. The standard InChI is InChI=1S/C18H20ClFN6O/c1-10(2)8-21-9-15-24-16-12(5-6-22-18(16)25-15)17(26-27)23-11-3-4-14(20)13(19)7-11/h3-7,10,21,27H,8-9H2,1-2H3,(H,23,26)(H,22,24,25). The second kappa shape index (κ2) is 8.32. The fourth-order valence-electron chi connectivity index (χ4n) is 2.58. The Bertz CT molecular complexity index is 972. The highest BCUT2D eigenvalue weighted by atomic mass is 35.5. The number of aromatic amines is 1. The molecule has 3 aromatic rings. The number of pyridine rings is 1. The second-order valence-electron chi connectivity index (χ2n) is 6.47. The summed E-state index contributed by atoms with van der Waals surface area (Å²) in [5, 5.41) is 19.0. The SMILES string of the molecule is CC(C)CNCc1nc2nccc(/C(=N\O)Nc3ccc(F)c(Cl)c3)c2[nH]1. The summed E-state index contributed by atoms with van der Waals surface area (Å²) in [6, 6.07) is 5.84. The van der Waals surface area contributed by atoms with Gasteiger partial charge < -0.3 is 20.8 Å². The first-order valence-corrected chi connectivity index (χ1v) is 8.84. The summed E-state index contributed by atoms with van der Waals surface area (Å²) in [5.41, 5.74) is 2.20. The first kappa shape index (κ1) is 19.1. The van der Waals surface area contributed by atoms with Gasteiger partial charge in [0.15, 0.2) is 11.5 Å². The van der Waals surface area contributed by atoms with Crippen LogP contribution in [0.3, 0.4) is 0 Å². The quantitative estimate of drug-likeness (QED) is 0.222. The van der Waals surface area contributed by atoms with Gasteiger partial charge in [-0.15, -0.1) is 0 Å². The number of hydrogen-bond donors (Lipinski definition) is 4. The van der Waals surface area contributed by atoms with Crippen molar-refractivity contribution in [2.75, 3.05) is 11.9 Å². The number of benzene rings is 1. The van der Waals surface area contributed by atoms with Gasteiger partial charge in [0.05, 0.1) is 17.1 Å². The van der Waals surface area contributed by atoms with Crippen molar-refractivity contribution in [3.05, 3.63) is 52.7 Å². The molecule has 0 spiro atoms. The number of hydrogen-bond acceptors (Lipinski definition) is 5. The van der Waals surface area contributed by atoms with Crippen LogP contribution in [0.15, 0.2) is 35.6 Å². The van der Waals surface area contributed by atoms with E-state index in [-0.39, 0.29) is 10.9 Å². The molecule has 0 saturated carbocycles. The Hall–Kier alpha value is -2.71. The zero-order chi connectivity index (χ0) is 19.4. The molecule has 2 aromatic heterocycles. The number of halogens is 2. The van der Waals surface area contributed by atoms with Gasteiger partial charge in [-0.2, -0.15) is 0 Å². The molecule has 1 aromatic carbocycles. The number of amidine groups is 1. The fourth-order valence-corrected chi connectivity index (χ4v) is 2.76. The van der Waals surface area contributed by atoms with E-state index in [2.05, 4.69) is 44.6 Å². The summed E-state index contributed by atoms with van der Waals surface area (Å²) >= 11 is 5.81. The lowest BCUT2D eigenvalue weighted by Crippen LogP contribution is -2.19. The number of rotatable bonds is 6. The zero-order valence-corrected chi connectivity index (χ0v) is 15.7. The molecule has 7 nitrogen and oxygen atoms in total. The van der Waals surface area contributed by atoms with Crippen molar-refractivity contribution in [3.63, 3.8) is 0 Å². The van der Waals surface area contributed by atoms with Crippen molar-refractivity contribution in [2.24, 2.45) is 11.1 Å². The number of fused-ring (bicyclic) bond motifs is 1. The first-order chi connectivity index (χ1) is 13.0. The Labute approximate surface area is 160 Å². The molecule has 2 heterocycles. The minimum absolute atomic E-state index is 0.0304. The summed E-state index contributed by atoms with van der Waals surface area (Å²) in [6.07, 6.45) is 1.58. The van der Waals surface area contributed by atoms with Gasteiger partial charge in [0.2, 0.25) is 0 Å². The van der Waals surface area contributed by atoms with Crippen LogP contribution in [0.2, 0.25) is 5.02 Å². The predicted octanol–water partition coefficient (Wildman–Crippen LogP) is 3.74. The van der Waals surface area contributed by atoms with E-state index < -0.39 is 5.82 Å². The van der Waals surface area contributed by atoms with Crippen LogP contribution in [0.4, 0.5) is 10.1 Å². The molecule has 0 radical (unpaired) electrons. The van der Waals surface area contributed by atoms with Crippen LogP contribution in [-0.2, 0) is 6.54 Å². The van der Waals surface area contributed by atoms with Gasteiger partial charge >= 0.3 is 0 Å². The van der Waals surface area contributed by atoms with E-state index >= 15 is 0 Å². The lowest BCUT2D eigenvalue weighted by molar-refractivity contribution is 0.319. The van der Waals surface area contributed by atoms with Gasteiger partial charge in [0.1, 0.15) is 11.6 Å². The first-order valence-electron chi connectivity index (χ1n) is 8.46. The van der Waals surface area contributed by atoms with E-state index in [1.54, 1.807) is 12.3 Å². The topological polar surface area (TPSA) is 98.2 Å². The average molecular weight is 391 g/mol. The highest BCUT2D eigenvalue weighted by Crippen LogP contribution is 2.21. The molecule has 4 N–H and O–H groups in total. The maximum atomic E-state index is 13.3. The second-order valence-corrected chi connectivity index (χ2v) is 6.88. The summed E-state index contributed by atoms with van der Waals surface area (Å²) in [7, 11) is 0. The Morgan fingerprint density at radius 2 is 2.19 bits per heavy atom. The smallest absolute Gasteiger partial charge is 0.179 e. The van der Waals surface area contributed by atoms with Crippen molar-refractivity contribution in [1.82, 2.24) is 20.3 Å². The fraction of sp³-hybridized carbons (Fsp3) is 0.278.